The molecule has 0 atom stereocenters. The summed E-state index contributed by atoms with van der Waals surface area (Å²) in [6.45, 7) is 0.943. The summed E-state index contributed by atoms with van der Waals surface area (Å²) >= 11 is 0. The smallest absolute Gasteiger partial charge is 0.373 e. The minimum absolute atomic E-state index is 0.137. The van der Waals surface area contributed by atoms with E-state index in [0.29, 0.717) is 0 Å². The van der Waals surface area contributed by atoms with Crippen molar-refractivity contribution in [2.45, 2.75) is 6.92 Å². The molecule has 0 amide bonds. The number of hydrogen-bond acceptors (Lipinski definition) is 4. The quantitative estimate of drug-likeness (QED) is 0.666. The number of carbonyl (C=O) groups is 1. The summed E-state index contributed by atoms with van der Waals surface area (Å²) in [7, 11) is -4.09. The van der Waals surface area contributed by atoms with Gasteiger partial charge in [-0.05, 0) is 12.1 Å². The lowest BCUT2D eigenvalue weighted by Gasteiger charge is -2.02. The van der Waals surface area contributed by atoms with Gasteiger partial charge in [0.1, 0.15) is 5.75 Å². The van der Waals surface area contributed by atoms with E-state index in [2.05, 4.69) is 4.18 Å². The van der Waals surface area contributed by atoms with Crippen molar-refractivity contribution in [1.82, 2.24) is 0 Å². The number of carbonyl (C=O) groups excluding carboxylic acids is 1. The molecule has 1 aromatic rings. The Balaban J connectivity index is 2.88. The van der Waals surface area contributed by atoms with Crippen LogP contribution in [0.4, 0.5) is 0 Å². The van der Waals surface area contributed by atoms with Crippen LogP contribution < -0.4 is 4.18 Å². The van der Waals surface area contributed by atoms with Crippen LogP contribution in [0.25, 0.3) is 0 Å². The van der Waals surface area contributed by atoms with E-state index < -0.39 is 15.2 Å². The van der Waals surface area contributed by atoms with Gasteiger partial charge in [-0.3, -0.25) is 4.79 Å². The summed E-state index contributed by atoms with van der Waals surface area (Å²) in [6, 6.07) is 7.87. The Labute approximate surface area is 76.3 Å². The molecule has 0 N–H and O–H groups in total. The van der Waals surface area contributed by atoms with Gasteiger partial charge < -0.3 is 4.18 Å². The summed E-state index contributed by atoms with van der Waals surface area (Å²) < 4.78 is 26.3. The van der Waals surface area contributed by atoms with E-state index in [9.17, 15) is 13.2 Å². The lowest BCUT2D eigenvalue weighted by Crippen LogP contribution is -2.17. The molecule has 0 unspecified atom stereocenters. The normalized spacial score (nSPS) is 10.8. The summed E-state index contributed by atoms with van der Waals surface area (Å²) in [5.74, 6) is 0.137. The molecule has 0 saturated carbocycles. The van der Waals surface area contributed by atoms with Crippen molar-refractivity contribution in [1.29, 1.82) is 0 Å². The summed E-state index contributed by atoms with van der Waals surface area (Å²) in [5, 5.41) is -1.00. The third kappa shape index (κ3) is 2.55. The first-order valence-electron chi connectivity index (χ1n) is 3.52. The molecule has 4 nitrogen and oxygen atoms in total. The molecule has 70 valence electrons. The molecule has 13 heavy (non-hydrogen) atoms. The van der Waals surface area contributed by atoms with Gasteiger partial charge in [-0.15, -0.1) is 0 Å². The number of para-hydroxylation sites is 1. The van der Waals surface area contributed by atoms with Crippen LogP contribution in [0.5, 0.6) is 5.75 Å². The van der Waals surface area contributed by atoms with Crippen LogP contribution in [-0.4, -0.2) is 13.5 Å². The molecular formula is C8H8O4S. The van der Waals surface area contributed by atoms with E-state index in [1.807, 2.05) is 0 Å². The van der Waals surface area contributed by atoms with Gasteiger partial charge in [0, 0.05) is 6.92 Å². The highest BCUT2D eigenvalue weighted by atomic mass is 32.2. The maximum Gasteiger partial charge on any atom is 0.373 e. The molecule has 0 spiro atoms. The van der Waals surface area contributed by atoms with Crippen molar-refractivity contribution in [2.24, 2.45) is 0 Å². The molecule has 1 rings (SSSR count). The van der Waals surface area contributed by atoms with Crippen molar-refractivity contribution < 1.29 is 17.4 Å². The molecule has 5 heteroatoms. The largest absolute Gasteiger partial charge is 0.377 e. The summed E-state index contributed by atoms with van der Waals surface area (Å²) in [5.41, 5.74) is 0. The first kappa shape index (κ1) is 9.73. The molecule has 0 heterocycles. The topological polar surface area (TPSA) is 60.4 Å². The predicted molar refractivity (Wildman–Crippen MR) is 46.7 cm³/mol. The molecule has 0 aliphatic carbocycles. The Morgan fingerprint density at radius 2 is 1.77 bits per heavy atom. The average Bonchev–Trinajstić information content (AvgIpc) is 2.05. The van der Waals surface area contributed by atoms with Crippen LogP contribution in [0, 0.1) is 0 Å². The first-order chi connectivity index (χ1) is 6.02. The molecule has 0 aromatic heterocycles. The highest BCUT2D eigenvalue weighted by Crippen LogP contribution is 2.11. The van der Waals surface area contributed by atoms with Crippen molar-refractivity contribution in [2.75, 3.05) is 0 Å². The van der Waals surface area contributed by atoms with Gasteiger partial charge in [0.15, 0.2) is 0 Å². The van der Waals surface area contributed by atoms with Crippen molar-refractivity contribution in [3.05, 3.63) is 30.3 Å². The second kappa shape index (κ2) is 3.57. The Morgan fingerprint density at radius 3 is 2.23 bits per heavy atom. The summed E-state index contributed by atoms with van der Waals surface area (Å²) in [6.07, 6.45) is 0. The molecule has 0 aliphatic rings. The van der Waals surface area contributed by atoms with E-state index in [4.69, 9.17) is 0 Å². The summed E-state index contributed by atoms with van der Waals surface area (Å²) in [4.78, 5) is 10.6. The Hall–Kier alpha value is -1.36. The maximum absolute atomic E-state index is 10.9. The van der Waals surface area contributed by atoms with Gasteiger partial charge in [0.05, 0.1) is 0 Å². The van der Waals surface area contributed by atoms with E-state index in [1.165, 1.54) is 12.1 Å². The zero-order valence-electron chi connectivity index (χ0n) is 6.93. The van der Waals surface area contributed by atoms with Crippen molar-refractivity contribution >= 4 is 15.2 Å². The Bertz CT molecular complexity index is 393. The van der Waals surface area contributed by atoms with Crippen molar-refractivity contribution in [3.8, 4) is 5.75 Å². The van der Waals surface area contributed by atoms with E-state index in [0.717, 1.165) is 6.92 Å². The molecule has 0 aliphatic heterocycles. The first-order valence-corrected chi connectivity index (χ1v) is 4.93. The fourth-order valence-corrected chi connectivity index (χ4v) is 1.14. The second-order valence-electron chi connectivity index (χ2n) is 2.34. The number of hydrogen-bond donors (Lipinski definition) is 0. The maximum atomic E-state index is 10.9. The fourth-order valence-electron chi connectivity index (χ4n) is 0.661. The number of benzene rings is 1. The van der Waals surface area contributed by atoms with Crippen LogP contribution in [0.15, 0.2) is 30.3 Å². The van der Waals surface area contributed by atoms with Gasteiger partial charge >= 0.3 is 10.1 Å². The monoisotopic (exact) mass is 200 g/mol. The third-order valence-electron chi connectivity index (χ3n) is 1.30. The average molecular weight is 200 g/mol. The molecule has 1 aromatic carbocycles. The second-order valence-corrected chi connectivity index (χ2v) is 3.99. The van der Waals surface area contributed by atoms with Crippen molar-refractivity contribution in [3.63, 3.8) is 0 Å². The van der Waals surface area contributed by atoms with Crippen LogP contribution in [-0.2, 0) is 14.9 Å². The van der Waals surface area contributed by atoms with Crippen LogP contribution >= 0.6 is 0 Å². The third-order valence-corrected chi connectivity index (χ3v) is 2.42. The van der Waals surface area contributed by atoms with Gasteiger partial charge in [0.25, 0.3) is 5.12 Å². The van der Waals surface area contributed by atoms with E-state index >= 15 is 0 Å². The lowest BCUT2D eigenvalue weighted by molar-refractivity contribution is -0.110. The van der Waals surface area contributed by atoms with Crippen LogP contribution in [0.1, 0.15) is 6.92 Å². The fraction of sp³-hybridized carbons (Fsp3) is 0.125. The highest BCUT2D eigenvalue weighted by molar-refractivity contribution is 8.02. The lowest BCUT2D eigenvalue weighted by atomic mass is 10.3. The molecule has 0 radical (unpaired) electrons. The molecular weight excluding hydrogens is 192 g/mol. The predicted octanol–water partition coefficient (Wildman–Crippen LogP) is 0.942. The standard InChI is InChI=1S/C8H8O4S/c1-7(9)13(10,11)12-8-5-3-2-4-6-8/h2-6H,1H3. The molecule has 0 fully saturated rings. The Kier molecular flexibility index (Phi) is 2.67. The zero-order chi connectivity index (χ0) is 9.90. The minimum atomic E-state index is -4.09. The Morgan fingerprint density at radius 1 is 1.23 bits per heavy atom. The van der Waals surface area contributed by atoms with Gasteiger partial charge in [-0.2, -0.15) is 8.42 Å². The van der Waals surface area contributed by atoms with Gasteiger partial charge in [-0.25, -0.2) is 0 Å². The van der Waals surface area contributed by atoms with E-state index in [-0.39, 0.29) is 5.75 Å². The SMILES string of the molecule is CC(=O)S(=O)(=O)Oc1ccccc1. The van der Waals surface area contributed by atoms with Gasteiger partial charge in [-0.1, -0.05) is 18.2 Å². The van der Waals surface area contributed by atoms with Crippen LogP contribution in [0.3, 0.4) is 0 Å². The van der Waals surface area contributed by atoms with E-state index in [1.54, 1.807) is 18.2 Å². The molecule has 0 bridgehead atoms. The highest BCUT2D eigenvalue weighted by Gasteiger charge is 2.18. The van der Waals surface area contributed by atoms with Crippen LogP contribution in [0.2, 0.25) is 0 Å². The molecule has 0 saturated heterocycles. The minimum Gasteiger partial charge on any atom is -0.377 e. The zero-order valence-corrected chi connectivity index (χ0v) is 7.74. The number of rotatable bonds is 2. The van der Waals surface area contributed by atoms with Gasteiger partial charge in [0.2, 0.25) is 0 Å².